The molecule has 4 nitrogen and oxygen atoms in total. The molecule has 6 heteroatoms. The number of halogens is 1. The van der Waals surface area contributed by atoms with Gasteiger partial charge in [0.2, 0.25) is 5.91 Å². The summed E-state index contributed by atoms with van der Waals surface area (Å²) in [5, 5.41) is 3.75. The lowest BCUT2D eigenvalue weighted by molar-refractivity contribution is -0.118. The van der Waals surface area contributed by atoms with Crippen LogP contribution in [-0.4, -0.2) is 44.3 Å². The van der Waals surface area contributed by atoms with E-state index in [-0.39, 0.29) is 11.9 Å². The molecule has 0 bridgehead atoms. The largest absolute Gasteiger partial charge is 0.497 e. The summed E-state index contributed by atoms with van der Waals surface area (Å²) in [5.74, 6) is 2.04. The van der Waals surface area contributed by atoms with E-state index >= 15 is 0 Å². The molecule has 140 valence electrons. The lowest BCUT2D eigenvalue weighted by atomic mass is 10.1. The van der Waals surface area contributed by atoms with Gasteiger partial charge in [-0.2, -0.15) is 0 Å². The number of rotatable bonds is 9. The van der Waals surface area contributed by atoms with Crippen LogP contribution in [0, 0.1) is 0 Å². The molecule has 0 saturated carbocycles. The first-order valence-electron chi connectivity index (χ1n) is 8.39. The number of thioether (sulfide) groups is 1. The topological polar surface area (TPSA) is 41.6 Å². The van der Waals surface area contributed by atoms with Crippen LogP contribution in [0.3, 0.4) is 0 Å². The molecule has 0 aliphatic heterocycles. The molecule has 26 heavy (non-hydrogen) atoms. The molecule has 1 unspecified atom stereocenters. The van der Waals surface area contributed by atoms with Crippen LogP contribution in [-0.2, 0) is 10.5 Å². The summed E-state index contributed by atoms with van der Waals surface area (Å²) < 4.78 is 5.30. The normalized spacial score (nSPS) is 12.0. The Hall–Kier alpha value is -1.69. The Balaban J connectivity index is 1.83. The van der Waals surface area contributed by atoms with E-state index in [1.54, 1.807) is 18.9 Å². The van der Waals surface area contributed by atoms with Gasteiger partial charge in [0.15, 0.2) is 0 Å². The van der Waals surface area contributed by atoms with E-state index in [9.17, 15) is 4.79 Å². The maximum Gasteiger partial charge on any atom is 0.230 e. The number of methoxy groups -OCH3 is 1. The number of benzene rings is 2. The van der Waals surface area contributed by atoms with Crippen molar-refractivity contribution >= 4 is 29.3 Å². The van der Waals surface area contributed by atoms with Gasteiger partial charge in [-0.05, 0) is 49.5 Å². The van der Waals surface area contributed by atoms with Crippen LogP contribution in [0.15, 0.2) is 48.5 Å². The van der Waals surface area contributed by atoms with Crippen molar-refractivity contribution in [2.24, 2.45) is 0 Å². The quantitative estimate of drug-likeness (QED) is 0.700. The molecule has 1 amide bonds. The highest BCUT2D eigenvalue weighted by Gasteiger charge is 2.16. The number of likely N-dealkylation sites (N-methyl/N-ethyl adjacent to an activating group) is 1. The highest BCUT2D eigenvalue weighted by molar-refractivity contribution is 7.99. The number of amides is 1. The van der Waals surface area contributed by atoms with Gasteiger partial charge in [0.25, 0.3) is 0 Å². The second-order valence-corrected chi connectivity index (χ2v) is 7.60. The van der Waals surface area contributed by atoms with Gasteiger partial charge in [-0.25, -0.2) is 0 Å². The average molecular weight is 393 g/mol. The van der Waals surface area contributed by atoms with Gasteiger partial charge in [-0.1, -0.05) is 35.9 Å². The summed E-state index contributed by atoms with van der Waals surface area (Å²) in [5.41, 5.74) is 2.24. The van der Waals surface area contributed by atoms with Gasteiger partial charge in [-0.3, -0.25) is 4.79 Å². The maximum absolute atomic E-state index is 12.2. The Morgan fingerprint density at radius 1 is 1.23 bits per heavy atom. The summed E-state index contributed by atoms with van der Waals surface area (Å²) in [6, 6.07) is 15.7. The van der Waals surface area contributed by atoms with Crippen molar-refractivity contribution in [3.63, 3.8) is 0 Å². The fraction of sp³-hybridized carbons (Fsp3) is 0.350. The minimum absolute atomic E-state index is 0.0341. The Kier molecular flexibility index (Phi) is 8.29. The van der Waals surface area contributed by atoms with Gasteiger partial charge in [0, 0.05) is 17.3 Å². The standard InChI is InChI=1S/C20H25ClN2O2S/c1-23(2)19(16-7-5-9-18(11-16)25-3)12-22-20(24)14-26-13-15-6-4-8-17(21)10-15/h4-11,19H,12-14H2,1-3H3,(H,22,24). The number of hydrogen-bond donors (Lipinski definition) is 1. The average Bonchev–Trinajstić information content (AvgIpc) is 2.62. The predicted octanol–water partition coefficient (Wildman–Crippen LogP) is 4.00. The Bertz CT molecular complexity index is 724. The molecular weight excluding hydrogens is 368 g/mol. The molecular formula is C20H25ClN2O2S. The highest BCUT2D eigenvalue weighted by atomic mass is 35.5. The molecule has 0 spiro atoms. The van der Waals surface area contributed by atoms with Crippen LogP contribution < -0.4 is 10.1 Å². The molecule has 2 aromatic rings. The van der Waals surface area contributed by atoms with Crippen molar-refractivity contribution in [2.75, 3.05) is 33.5 Å². The van der Waals surface area contributed by atoms with E-state index in [1.165, 1.54) is 0 Å². The third kappa shape index (κ3) is 6.56. The first-order chi connectivity index (χ1) is 12.5. The summed E-state index contributed by atoms with van der Waals surface area (Å²) >= 11 is 7.56. The number of carbonyl (C=O) groups excluding carboxylic acids is 1. The molecule has 2 rings (SSSR count). The highest BCUT2D eigenvalue weighted by Crippen LogP contribution is 2.22. The SMILES string of the molecule is COc1cccc(C(CNC(=O)CSCc2cccc(Cl)c2)N(C)C)c1. The second-order valence-electron chi connectivity index (χ2n) is 6.18. The number of carbonyl (C=O) groups is 1. The van der Waals surface area contributed by atoms with Crippen molar-refractivity contribution in [3.8, 4) is 5.75 Å². The zero-order chi connectivity index (χ0) is 18.9. The van der Waals surface area contributed by atoms with Crippen molar-refractivity contribution in [1.29, 1.82) is 0 Å². The van der Waals surface area contributed by atoms with E-state index < -0.39 is 0 Å². The number of ether oxygens (including phenoxy) is 1. The fourth-order valence-corrected chi connectivity index (χ4v) is 3.61. The molecule has 2 aromatic carbocycles. The van der Waals surface area contributed by atoms with Gasteiger partial charge < -0.3 is 15.0 Å². The second kappa shape index (κ2) is 10.5. The van der Waals surface area contributed by atoms with Gasteiger partial charge in [-0.15, -0.1) is 11.8 Å². The van der Waals surface area contributed by atoms with E-state index in [2.05, 4.69) is 10.2 Å². The Morgan fingerprint density at radius 2 is 2.00 bits per heavy atom. The number of nitrogens with one attached hydrogen (secondary N) is 1. The number of nitrogens with zero attached hydrogens (tertiary/aromatic N) is 1. The van der Waals surface area contributed by atoms with Crippen LogP contribution in [0.1, 0.15) is 17.2 Å². The van der Waals surface area contributed by atoms with Crippen LogP contribution in [0.25, 0.3) is 0 Å². The zero-order valence-electron chi connectivity index (χ0n) is 15.4. The van der Waals surface area contributed by atoms with E-state index in [4.69, 9.17) is 16.3 Å². The van der Waals surface area contributed by atoms with Crippen LogP contribution >= 0.6 is 23.4 Å². The molecule has 0 aromatic heterocycles. The molecule has 1 N–H and O–H groups in total. The molecule has 0 fully saturated rings. The summed E-state index contributed by atoms with van der Waals surface area (Å²) in [6.45, 7) is 0.552. The van der Waals surface area contributed by atoms with Crippen LogP contribution in [0.5, 0.6) is 5.75 Å². The minimum Gasteiger partial charge on any atom is -0.497 e. The Labute approximate surface area is 164 Å². The Morgan fingerprint density at radius 3 is 2.69 bits per heavy atom. The van der Waals surface area contributed by atoms with E-state index in [0.717, 1.165) is 27.7 Å². The first kappa shape index (κ1) is 20.6. The van der Waals surface area contributed by atoms with E-state index in [1.807, 2.05) is 62.6 Å². The van der Waals surface area contributed by atoms with Crippen molar-refractivity contribution < 1.29 is 9.53 Å². The third-order valence-corrected chi connectivity index (χ3v) is 5.22. The molecule has 0 radical (unpaired) electrons. The number of hydrogen-bond acceptors (Lipinski definition) is 4. The first-order valence-corrected chi connectivity index (χ1v) is 9.92. The van der Waals surface area contributed by atoms with Crippen LogP contribution in [0.4, 0.5) is 0 Å². The predicted molar refractivity (Wildman–Crippen MR) is 110 cm³/mol. The molecule has 0 aliphatic carbocycles. The lowest BCUT2D eigenvalue weighted by Gasteiger charge is -2.25. The lowest BCUT2D eigenvalue weighted by Crippen LogP contribution is -2.35. The van der Waals surface area contributed by atoms with Crippen molar-refractivity contribution in [3.05, 3.63) is 64.7 Å². The van der Waals surface area contributed by atoms with Gasteiger partial charge in [0.05, 0.1) is 18.9 Å². The minimum atomic E-state index is 0.0341. The molecule has 1 atom stereocenters. The fourth-order valence-electron chi connectivity index (χ4n) is 2.60. The smallest absolute Gasteiger partial charge is 0.230 e. The monoisotopic (exact) mass is 392 g/mol. The van der Waals surface area contributed by atoms with Crippen molar-refractivity contribution in [2.45, 2.75) is 11.8 Å². The van der Waals surface area contributed by atoms with Crippen molar-refractivity contribution in [1.82, 2.24) is 10.2 Å². The summed E-state index contributed by atoms with van der Waals surface area (Å²) in [6.07, 6.45) is 0. The third-order valence-electron chi connectivity index (χ3n) is 3.99. The zero-order valence-corrected chi connectivity index (χ0v) is 16.9. The van der Waals surface area contributed by atoms with E-state index in [0.29, 0.717) is 12.3 Å². The van der Waals surface area contributed by atoms with Gasteiger partial charge in [0.1, 0.15) is 5.75 Å². The molecule has 0 aliphatic rings. The van der Waals surface area contributed by atoms with Gasteiger partial charge >= 0.3 is 0 Å². The molecule has 0 heterocycles. The molecule has 0 saturated heterocycles. The summed E-state index contributed by atoms with van der Waals surface area (Å²) in [4.78, 5) is 14.3. The summed E-state index contributed by atoms with van der Waals surface area (Å²) in [7, 11) is 5.66. The maximum atomic E-state index is 12.2. The van der Waals surface area contributed by atoms with Crippen LogP contribution in [0.2, 0.25) is 5.02 Å².